The summed E-state index contributed by atoms with van der Waals surface area (Å²) < 4.78 is 0. The lowest BCUT2D eigenvalue weighted by atomic mass is 10.2. The zero-order valence-electron chi connectivity index (χ0n) is 4.94. The van der Waals surface area contributed by atoms with Crippen molar-refractivity contribution in [1.82, 2.24) is 0 Å². The molecule has 0 unspecified atom stereocenters. The summed E-state index contributed by atoms with van der Waals surface area (Å²) in [6.07, 6.45) is 0.953. The summed E-state index contributed by atoms with van der Waals surface area (Å²) in [5.74, 6) is -1.74. The number of Topliss-reactive ketones (excluding diaryl/α,β-unsaturated/α-hetero) is 1. The van der Waals surface area contributed by atoms with Crippen LogP contribution in [0.5, 0.6) is 0 Å². The molecule has 10 heavy (non-hydrogen) atoms. The summed E-state index contributed by atoms with van der Waals surface area (Å²) in [6, 6.07) is 0. The zero-order chi connectivity index (χ0) is 7.56. The van der Waals surface area contributed by atoms with E-state index < -0.39 is 11.8 Å². The normalized spacial score (nSPS) is 16.8. The number of carbonyl (C=O) groups is 2. The van der Waals surface area contributed by atoms with Crippen LogP contribution in [0.3, 0.4) is 0 Å². The lowest BCUT2D eigenvalue weighted by Crippen LogP contribution is -2.16. The third-order valence-electron chi connectivity index (χ3n) is 1.01. The molecular weight excluding hydrogens is 136 g/mol. The minimum absolute atomic E-state index is 0.155. The van der Waals surface area contributed by atoms with Gasteiger partial charge >= 0.3 is 5.97 Å². The average Bonchev–Trinajstić information content (AvgIpc) is 1.88. The fraction of sp³-hybridized carbons (Fsp3) is 0.200. The zero-order valence-corrected chi connectivity index (χ0v) is 4.94. The Hall–Kier alpha value is -1.52. The lowest BCUT2D eigenvalue weighted by molar-refractivity contribution is -0.134. The molecule has 0 saturated heterocycles. The first kappa shape index (κ1) is 6.60. The molecule has 0 radical (unpaired) electrons. The van der Waals surface area contributed by atoms with Crippen LogP contribution in [-0.4, -0.2) is 23.4 Å². The van der Waals surface area contributed by atoms with Gasteiger partial charge in [-0.25, -0.2) is 4.79 Å². The average molecular weight is 140 g/mol. The maximum Gasteiger partial charge on any atom is 0.341 e. The Kier molecular flexibility index (Phi) is 1.57. The lowest BCUT2D eigenvalue weighted by Gasteiger charge is -1.98. The van der Waals surface area contributed by atoms with Crippen molar-refractivity contribution in [2.45, 2.75) is 0 Å². The molecular formula is C5H4N2O3. The monoisotopic (exact) mass is 140 g/mol. The largest absolute Gasteiger partial charge is 0.478 e. The summed E-state index contributed by atoms with van der Waals surface area (Å²) in [5, 5.41) is 14.9. The van der Waals surface area contributed by atoms with Gasteiger partial charge in [-0.1, -0.05) is 0 Å². The second-order valence-electron chi connectivity index (χ2n) is 1.69. The molecule has 0 saturated carbocycles. The van der Waals surface area contributed by atoms with Gasteiger partial charge in [0.05, 0.1) is 6.20 Å². The summed E-state index contributed by atoms with van der Waals surface area (Å²) in [4.78, 5) is 20.8. The van der Waals surface area contributed by atoms with E-state index in [1.807, 2.05) is 0 Å². The van der Waals surface area contributed by atoms with E-state index >= 15 is 0 Å². The fourth-order valence-electron chi connectivity index (χ4n) is 0.535. The SMILES string of the molecule is O=C(O)C1=CN=NCC1=O. The second kappa shape index (κ2) is 2.38. The predicted molar refractivity (Wildman–Crippen MR) is 30.4 cm³/mol. The summed E-state index contributed by atoms with van der Waals surface area (Å²) >= 11 is 0. The molecule has 5 nitrogen and oxygen atoms in total. The molecule has 0 atom stereocenters. The van der Waals surface area contributed by atoms with Crippen LogP contribution >= 0.6 is 0 Å². The highest BCUT2D eigenvalue weighted by atomic mass is 16.4. The molecule has 0 aromatic carbocycles. The van der Waals surface area contributed by atoms with E-state index in [4.69, 9.17) is 5.11 Å². The fourth-order valence-corrected chi connectivity index (χ4v) is 0.535. The highest BCUT2D eigenvalue weighted by Gasteiger charge is 2.18. The number of hydrogen-bond donors (Lipinski definition) is 1. The molecule has 1 N–H and O–H groups in total. The Morgan fingerprint density at radius 1 is 1.70 bits per heavy atom. The second-order valence-corrected chi connectivity index (χ2v) is 1.69. The van der Waals surface area contributed by atoms with E-state index in [1.54, 1.807) is 0 Å². The van der Waals surface area contributed by atoms with Crippen molar-refractivity contribution in [3.8, 4) is 0 Å². The number of rotatable bonds is 1. The Morgan fingerprint density at radius 3 is 2.80 bits per heavy atom. The number of aliphatic carboxylic acids is 1. The first-order valence-corrected chi connectivity index (χ1v) is 2.55. The van der Waals surface area contributed by atoms with Gasteiger partial charge in [0.2, 0.25) is 0 Å². The van der Waals surface area contributed by atoms with Crippen molar-refractivity contribution >= 4 is 11.8 Å². The number of carboxylic acids is 1. The molecule has 0 fully saturated rings. The van der Waals surface area contributed by atoms with Gasteiger partial charge in [0.15, 0.2) is 5.78 Å². The van der Waals surface area contributed by atoms with E-state index in [1.165, 1.54) is 0 Å². The van der Waals surface area contributed by atoms with Crippen LogP contribution in [0, 0.1) is 0 Å². The van der Waals surface area contributed by atoms with Gasteiger partial charge in [0, 0.05) is 0 Å². The molecule has 0 aliphatic carbocycles. The molecule has 0 amide bonds. The van der Waals surface area contributed by atoms with Crippen molar-refractivity contribution in [2.75, 3.05) is 6.54 Å². The van der Waals surface area contributed by atoms with Crippen LogP contribution in [0.1, 0.15) is 0 Å². The van der Waals surface area contributed by atoms with Gasteiger partial charge < -0.3 is 5.11 Å². The summed E-state index contributed by atoms with van der Waals surface area (Å²) in [6.45, 7) is -0.155. The Bertz CT molecular complexity index is 241. The topological polar surface area (TPSA) is 79.1 Å². The van der Waals surface area contributed by atoms with Crippen LogP contribution < -0.4 is 0 Å². The number of ketones is 1. The number of azo groups is 1. The number of carbonyl (C=O) groups excluding carboxylic acids is 1. The van der Waals surface area contributed by atoms with E-state index in [2.05, 4.69) is 10.2 Å². The maximum absolute atomic E-state index is 10.6. The minimum Gasteiger partial charge on any atom is -0.478 e. The Labute approximate surface area is 56.1 Å². The molecule has 0 aromatic rings. The molecule has 1 aliphatic heterocycles. The van der Waals surface area contributed by atoms with E-state index in [0.29, 0.717) is 0 Å². The Morgan fingerprint density at radius 2 is 2.40 bits per heavy atom. The van der Waals surface area contributed by atoms with Gasteiger partial charge in [-0.2, -0.15) is 10.2 Å². The van der Waals surface area contributed by atoms with E-state index in [9.17, 15) is 9.59 Å². The van der Waals surface area contributed by atoms with Crippen LogP contribution in [0.15, 0.2) is 22.0 Å². The molecule has 0 aromatic heterocycles. The highest BCUT2D eigenvalue weighted by Crippen LogP contribution is 2.03. The summed E-state index contributed by atoms with van der Waals surface area (Å²) in [5.41, 5.74) is -0.296. The van der Waals surface area contributed by atoms with Crippen molar-refractivity contribution in [3.63, 3.8) is 0 Å². The molecule has 0 spiro atoms. The van der Waals surface area contributed by atoms with E-state index in [-0.39, 0.29) is 12.1 Å². The molecule has 1 rings (SSSR count). The Balaban J connectivity index is 2.91. The van der Waals surface area contributed by atoms with E-state index in [0.717, 1.165) is 6.20 Å². The number of carboxylic acid groups (broad SMARTS) is 1. The summed E-state index contributed by atoms with van der Waals surface area (Å²) in [7, 11) is 0. The van der Waals surface area contributed by atoms with Crippen molar-refractivity contribution in [1.29, 1.82) is 0 Å². The molecule has 52 valence electrons. The van der Waals surface area contributed by atoms with Gasteiger partial charge in [-0.05, 0) is 0 Å². The molecule has 1 heterocycles. The number of hydrogen-bond acceptors (Lipinski definition) is 4. The first-order chi connectivity index (χ1) is 4.72. The van der Waals surface area contributed by atoms with Crippen LogP contribution in [0.4, 0.5) is 0 Å². The third kappa shape index (κ3) is 1.07. The third-order valence-corrected chi connectivity index (χ3v) is 1.01. The van der Waals surface area contributed by atoms with Crippen molar-refractivity contribution in [2.24, 2.45) is 10.2 Å². The molecule has 5 heteroatoms. The predicted octanol–water partition coefficient (Wildman–Crippen LogP) is -0.0102. The first-order valence-electron chi connectivity index (χ1n) is 2.55. The molecule has 0 bridgehead atoms. The maximum atomic E-state index is 10.6. The van der Waals surface area contributed by atoms with Gasteiger partial charge in [-0.3, -0.25) is 4.79 Å². The van der Waals surface area contributed by atoms with Crippen LogP contribution in [-0.2, 0) is 9.59 Å². The quantitative estimate of drug-likeness (QED) is 0.520. The minimum atomic E-state index is -1.25. The standard InChI is InChI=1S/C5H4N2O3/c8-4-2-7-6-1-3(4)5(9)10/h1H,2H2,(H,9,10). The van der Waals surface area contributed by atoms with Crippen LogP contribution in [0.2, 0.25) is 0 Å². The highest BCUT2D eigenvalue weighted by molar-refractivity contribution is 6.17. The van der Waals surface area contributed by atoms with Crippen molar-refractivity contribution < 1.29 is 14.7 Å². The van der Waals surface area contributed by atoms with Gasteiger partial charge in [-0.15, -0.1) is 0 Å². The number of nitrogens with zero attached hydrogens (tertiary/aromatic N) is 2. The van der Waals surface area contributed by atoms with Crippen LogP contribution in [0.25, 0.3) is 0 Å². The van der Waals surface area contributed by atoms with Gasteiger partial charge in [0.25, 0.3) is 0 Å². The smallest absolute Gasteiger partial charge is 0.341 e. The van der Waals surface area contributed by atoms with Gasteiger partial charge in [0.1, 0.15) is 12.1 Å². The molecule has 1 aliphatic rings. The van der Waals surface area contributed by atoms with Crippen molar-refractivity contribution in [3.05, 3.63) is 11.8 Å².